The van der Waals surface area contributed by atoms with E-state index in [4.69, 9.17) is 0 Å². The van der Waals surface area contributed by atoms with Crippen molar-refractivity contribution in [2.45, 2.75) is 31.7 Å². The van der Waals surface area contributed by atoms with E-state index in [2.05, 4.69) is 5.32 Å². The highest BCUT2D eigenvalue weighted by atomic mass is 32.2. The largest absolute Gasteiger partial charge is 0.346 e. The van der Waals surface area contributed by atoms with Gasteiger partial charge in [-0.2, -0.15) is 0 Å². The molecule has 0 saturated heterocycles. The molecule has 1 N–H and O–H groups in total. The number of amides is 1. The first-order valence-corrected chi connectivity index (χ1v) is 11.3. The summed E-state index contributed by atoms with van der Waals surface area (Å²) >= 11 is 0. The van der Waals surface area contributed by atoms with E-state index in [-0.39, 0.29) is 22.7 Å². The van der Waals surface area contributed by atoms with Gasteiger partial charge in [-0.3, -0.25) is 9.10 Å². The van der Waals surface area contributed by atoms with Crippen LogP contribution in [0.5, 0.6) is 0 Å². The standard InChI is InChI=1S/C24H25FN2O3S/c1-16-5-12-22(13-6-16)31(29,30)27(4)23-14-9-20(15-17(23)2)24(28)26-18(3)19-7-10-21(25)11-8-19/h5-15,18H,1-4H3,(H,26,28)/t18-/m0/s1. The third-order valence-electron chi connectivity index (χ3n) is 5.20. The van der Waals surface area contributed by atoms with Crippen molar-refractivity contribution in [3.05, 3.63) is 94.8 Å². The summed E-state index contributed by atoms with van der Waals surface area (Å²) in [5, 5.41) is 2.88. The number of aryl methyl sites for hydroxylation is 2. The third-order valence-corrected chi connectivity index (χ3v) is 6.98. The summed E-state index contributed by atoms with van der Waals surface area (Å²) in [6.45, 7) is 5.47. The molecule has 1 atom stereocenters. The fraction of sp³-hybridized carbons (Fsp3) is 0.208. The van der Waals surface area contributed by atoms with Crippen LogP contribution in [0.15, 0.2) is 71.6 Å². The number of halogens is 1. The average Bonchev–Trinajstić information content (AvgIpc) is 2.73. The molecule has 7 heteroatoms. The van der Waals surface area contributed by atoms with Crippen molar-refractivity contribution >= 4 is 21.6 Å². The van der Waals surface area contributed by atoms with Crippen molar-refractivity contribution in [1.29, 1.82) is 0 Å². The summed E-state index contributed by atoms with van der Waals surface area (Å²) in [6, 6.07) is 17.2. The van der Waals surface area contributed by atoms with Gasteiger partial charge in [0.15, 0.2) is 0 Å². The number of sulfonamides is 1. The first kappa shape index (κ1) is 22.5. The number of hydrogen-bond acceptors (Lipinski definition) is 3. The maximum atomic E-state index is 13.1. The lowest BCUT2D eigenvalue weighted by Gasteiger charge is -2.22. The van der Waals surface area contributed by atoms with Crippen LogP contribution in [0, 0.1) is 19.7 Å². The van der Waals surface area contributed by atoms with Gasteiger partial charge in [0.2, 0.25) is 0 Å². The summed E-state index contributed by atoms with van der Waals surface area (Å²) in [4.78, 5) is 12.9. The molecule has 0 saturated carbocycles. The second-order valence-corrected chi connectivity index (χ2v) is 9.50. The maximum absolute atomic E-state index is 13.1. The summed E-state index contributed by atoms with van der Waals surface area (Å²) in [5.74, 6) is -0.631. The molecule has 0 aliphatic carbocycles. The van der Waals surface area contributed by atoms with Crippen LogP contribution in [0.25, 0.3) is 0 Å². The van der Waals surface area contributed by atoms with Crippen LogP contribution in [-0.4, -0.2) is 21.4 Å². The maximum Gasteiger partial charge on any atom is 0.264 e. The average molecular weight is 441 g/mol. The lowest BCUT2D eigenvalue weighted by molar-refractivity contribution is 0.0940. The normalized spacial score (nSPS) is 12.3. The molecule has 0 heterocycles. The van der Waals surface area contributed by atoms with Crippen LogP contribution >= 0.6 is 0 Å². The predicted octanol–water partition coefficient (Wildman–Crippen LogP) is 4.76. The summed E-state index contributed by atoms with van der Waals surface area (Å²) < 4.78 is 40.2. The Hall–Kier alpha value is -3.19. The van der Waals surface area contributed by atoms with Gasteiger partial charge in [-0.25, -0.2) is 12.8 Å². The molecule has 0 aromatic heterocycles. The zero-order valence-electron chi connectivity index (χ0n) is 17.9. The van der Waals surface area contributed by atoms with Gasteiger partial charge in [0.05, 0.1) is 16.6 Å². The first-order valence-electron chi connectivity index (χ1n) is 9.82. The topological polar surface area (TPSA) is 66.5 Å². The van der Waals surface area contributed by atoms with E-state index in [1.165, 1.54) is 23.5 Å². The van der Waals surface area contributed by atoms with E-state index in [0.717, 1.165) is 11.1 Å². The van der Waals surface area contributed by atoms with Gasteiger partial charge in [-0.15, -0.1) is 0 Å². The van der Waals surface area contributed by atoms with E-state index in [1.54, 1.807) is 61.5 Å². The van der Waals surface area contributed by atoms with E-state index >= 15 is 0 Å². The molecule has 3 rings (SSSR count). The number of rotatable bonds is 6. The van der Waals surface area contributed by atoms with Crippen LogP contribution < -0.4 is 9.62 Å². The van der Waals surface area contributed by atoms with Crippen molar-refractivity contribution < 1.29 is 17.6 Å². The smallest absolute Gasteiger partial charge is 0.264 e. The number of hydrogen-bond donors (Lipinski definition) is 1. The second kappa shape index (κ2) is 8.89. The fourth-order valence-corrected chi connectivity index (χ4v) is 4.52. The molecule has 31 heavy (non-hydrogen) atoms. The zero-order chi connectivity index (χ0) is 22.8. The highest BCUT2D eigenvalue weighted by Crippen LogP contribution is 2.26. The van der Waals surface area contributed by atoms with Crippen molar-refractivity contribution in [3.8, 4) is 0 Å². The fourth-order valence-electron chi connectivity index (χ4n) is 3.26. The van der Waals surface area contributed by atoms with E-state index in [9.17, 15) is 17.6 Å². The Morgan fingerprint density at radius 2 is 1.58 bits per heavy atom. The Morgan fingerprint density at radius 1 is 0.968 bits per heavy atom. The molecule has 0 radical (unpaired) electrons. The number of nitrogens with zero attached hydrogens (tertiary/aromatic N) is 1. The Bertz CT molecular complexity index is 1190. The molecule has 0 bridgehead atoms. The highest BCUT2D eigenvalue weighted by molar-refractivity contribution is 7.92. The number of benzene rings is 3. The van der Waals surface area contributed by atoms with E-state index in [0.29, 0.717) is 16.8 Å². The van der Waals surface area contributed by atoms with Gasteiger partial charge in [0.25, 0.3) is 15.9 Å². The molecule has 0 spiro atoms. The summed E-state index contributed by atoms with van der Waals surface area (Å²) in [6.07, 6.45) is 0. The van der Waals surface area contributed by atoms with Crippen LogP contribution in [0.4, 0.5) is 10.1 Å². The van der Waals surface area contributed by atoms with Gasteiger partial charge in [-0.1, -0.05) is 29.8 Å². The second-order valence-electron chi connectivity index (χ2n) is 7.53. The number of carbonyl (C=O) groups is 1. The molecule has 0 aliphatic heterocycles. The third kappa shape index (κ3) is 4.94. The number of carbonyl (C=O) groups excluding carboxylic acids is 1. The quantitative estimate of drug-likeness (QED) is 0.601. The van der Waals surface area contributed by atoms with Crippen LogP contribution in [0.1, 0.15) is 40.0 Å². The van der Waals surface area contributed by atoms with Crippen molar-refractivity contribution in [1.82, 2.24) is 5.32 Å². The minimum absolute atomic E-state index is 0.204. The molecule has 5 nitrogen and oxygen atoms in total. The molecule has 162 valence electrons. The molecule has 0 unspecified atom stereocenters. The van der Waals surface area contributed by atoms with Gasteiger partial charge < -0.3 is 5.32 Å². The monoisotopic (exact) mass is 440 g/mol. The minimum atomic E-state index is -3.72. The van der Waals surface area contributed by atoms with Gasteiger partial charge in [0, 0.05) is 12.6 Å². The highest BCUT2D eigenvalue weighted by Gasteiger charge is 2.23. The van der Waals surface area contributed by atoms with Gasteiger partial charge in [-0.05, 0) is 74.4 Å². The Balaban J connectivity index is 1.79. The Morgan fingerprint density at radius 3 is 2.16 bits per heavy atom. The molecule has 0 fully saturated rings. The summed E-state index contributed by atoms with van der Waals surface area (Å²) in [5.41, 5.74) is 3.32. The first-order chi connectivity index (χ1) is 14.6. The van der Waals surface area contributed by atoms with E-state index < -0.39 is 10.0 Å². The van der Waals surface area contributed by atoms with E-state index in [1.807, 2.05) is 13.8 Å². The zero-order valence-corrected chi connectivity index (χ0v) is 18.7. The van der Waals surface area contributed by atoms with Crippen LogP contribution in [0.3, 0.4) is 0 Å². The van der Waals surface area contributed by atoms with Crippen molar-refractivity contribution in [2.75, 3.05) is 11.4 Å². The summed E-state index contributed by atoms with van der Waals surface area (Å²) in [7, 11) is -2.23. The van der Waals surface area contributed by atoms with Gasteiger partial charge >= 0.3 is 0 Å². The Kier molecular flexibility index (Phi) is 6.45. The minimum Gasteiger partial charge on any atom is -0.346 e. The predicted molar refractivity (Wildman–Crippen MR) is 120 cm³/mol. The molecular weight excluding hydrogens is 415 g/mol. The SMILES string of the molecule is Cc1ccc(S(=O)(=O)N(C)c2ccc(C(=O)N[C@@H](C)c3ccc(F)cc3)cc2C)cc1. The Labute approximate surface area is 182 Å². The molecule has 0 aliphatic rings. The van der Waals surface area contributed by atoms with Crippen LogP contribution in [0.2, 0.25) is 0 Å². The molecule has 3 aromatic rings. The molecular formula is C24H25FN2O3S. The van der Waals surface area contributed by atoms with Gasteiger partial charge in [0.1, 0.15) is 5.82 Å². The number of anilines is 1. The molecule has 3 aromatic carbocycles. The van der Waals surface area contributed by atoms with Crippen molar-refractivity contribution in [3.63, 3.8) is 0 Å². The lowest BCUT2D eigenvalue weighted by atomic mass is 10.1. The molecule has 1 amide bonds. The van der Waals surface area contributed by atoms with Crippen molar-refractivity contribution in [2.24, 2.45) is 0 Å². The van der Waals surface area contributed by atoms with Crippen LogP contribution in [-0.2, 0) is 10.0 Å². The lowest BCUT2D eigenvalue weighted by Crippen LogP contribution is -2.28. The number of nitrogens with one attached hydrogen (secondary N) is 1.